The molecule has 1 heterocycles. The number of rotatable bonds is 2. The fraction of sp³-hybridized carbons (Fsp3) is 0.400. The zero-order chi connectivity index (χ0) is 16.8. The molecule has 2 aromatic carbocycles. The quantitative estimate of drug-likeness (QED) is 0.824. The van der Waals surface area contributed by atoms with Crippen molar-refractivity contribution in [1.29, 1.82) is 0 Å². The Kier molecular flexibility index (Phi) is 3.89. The Labute approximate surface area is 141 Å². The lowest BCUT2D eigenvalue weighted by Gasteiger charge is -2.20. The van der Waals surface area contributed by atoms with E-state index in [9.17, 15) is 8.78 Å². The van der Waals surface area contributed by atoms with Crippen LogP contribution in [0.15, 0.2) is 36.4 Å². The lowest BCUT2D eigenvalue weighted by Crippen LogP contribution is -2.25. The van der Waals surface area contributed by atoms with E-state index in [1.54, 1.807) is 12.1 Å². The molecule has 2 aliphatic rings. The van der Waals surface area contributed by atoms with Crippen LogP contribution in [0.4, 0.5) is 8.78 Å². The van der Waals surface area contributed by atoms with Crippen molar-refractivity contribution in [2.45, 2.75) is 31.0 Å². The molecule has 0 N–H and O–H groups in total. The number of nitrogens with zero attached hydrogens (tertiary/aromatic N) is 1. The van der Waals surface area contributed by atoms with Crippen LogP contribution in [0.25, 0.3) is 0 Å². The number of halogens is 2. The van der Waals surface area contributed by atoms with Crippen LogP contribution in [0, 0.1) is 11.6 Å². The predicted octanol–water partition coefficient (Wildman–Crippen LogP) is 4.04. The molecule has 4 rings (SSSR count). The second kappa shape index (κ2) is 5.94. The molecule has 2 nitrogen and oxygen atoms in total. The Bertz CT molecular complexity index is 715. The summed E-state index contributed by atoms with van der Waals surface area (Å²) in [5.74, 6) is -0.395. The summed E-state index contributed by atoms with van der Waals surface area (Å²) in [6, 6.07) is 9.93. The molecule has 0 unspecified atom stereocenters. The van der Waals surface area contributed by atoms with Crippen molar-refractivity contribution >= 4 is 0 Å². The lowest BCUT2D eigenvalue weighted by atomic mass is 9.87. The number of hydrogen-bond acceptors (Lipinski definition) is 2. The topological polar surface area (TPSA) is 12.5 Å². The predicted molar refractivity (Wildman–Crippen MR) is 89.1 cm³/mol. The molecule has 1 aliphatic carbocycles. The van der Waals surface area contributed by atoms with Gasteiger partial charge in [-0.1, -0.05) is 12.1 Å². The van der Waals surface area contributed by atoms with E-state index in [2.05, 4.69) is 4.90 Å². The second-order valence-electron chi connectivity index (χ2n) is 7.15. The Morgan fingerprint density at radius 1 is 1.00 bits per heavy atom. The molecule has 0 amide bonds. The molecule has 3 atom stereocenters. The van der Waals surface area contributed by atoms with E-state index in [-0.39, 0.29) is 29.8 Å². The summed E-state index contributed by atoms with van der Waals surface area (Å²) in [6.45, 7) is 0.808. The molecular weight excluding hydrogens is 308 g/mol. The van der Waals surface area contributed by atoms with Crippen LogP contribution >= 0.6 is 0 Å². The SMILES string of the molecule is CN(C)C[C@@H]1C[C@@H]2c3cc(F)ccc3Cc3ccc(F)cc3[C@H]2O1. The van der Waals surface area contributed by atoms with Gasteiger partial charge >= 0.3 is 0 Å². The summed E-state index contributed by atoms with van der Waals surface area (Å²) < 4.78 is 34.0. The van der Waals surface area contributed by atoms with Crippen molar-refractivity contribution in [2.75, 3.05) is 20.6 Å². The molecule has 1 saturated heterocycles. The van der Waals surface area contributed by atoms with Gasteiger partial charge in [0, 0.05) is 12.5 Å². The van der Waals surface area contributed by atoms with Gasteiger partial charge in [-0.25, -0.2) is 8.78 Å². The van der Waals surface area contributed by atoms with Crippen molar-refractivity contribution in [1.82, 2.24) is 4.90 Å². The molecule has 24 heavy (non-hydrogen) atoms. The van der Waals surface area contributed by atoms with Gasteiger partial charge < -0.3 is 9.64 Å². The standard InChI is InChI=1S/C20H21F2NO/c1-23(2)11-16-10-19-17-8-14(21)5-3-12(17)7-13-4-6-15(22)9-18(13)20(19)24-16/h3-6,8-9,16,19-20H,7,10-11H2,1-2H3/t16-,19+,20+/m0/s1. The summed E-state index contributed by atoms with van der Waals surface area (Å²) in [6.07, 6.45) is 1.39. The van der Waals surface area contributed by atoms with Crippen LogP contribution in [0.5, 0.6) is 0 Å². The van der Waals surface area contributed by atoms with Gasteiger partial charge in [0.05, 0.1) is 12.2 Å². The van der Waals surface area contributed by atoms with Gasteiger partial charge in [-0.05, 0) is 73.5 Å². The minimum atomic E-state index is -0.246. The van der Waals surface area contributed by atoms with Gasteiger partial charge in [0.2, 0.25) is 0 Å². The molecule has 1 fully saturated rings. The largest absolute Gasteiger partial charge is 0.368 e. The minimum absolute atomic E-state index is 0.0698. The molecular formula is C20H21F2NO. The molecule has 0 spiro atoms. The van der Waals surface area contributed by atoms with Gasteiger partial charge in [-0.3, -0.25) is 0 Å². The molecule has 0 radical (unpaired) electrons. The summed E-state index contributed by atoms with van der Waals surface area (Å²) in [7, 11) is 4.03. The molecule has 0 saturated carbocycles. The van der Waals surface area contributed by atoms with E-state index in [0.717, 1.165) is 35.2 Å². The summed E-state index contributed by atoms with van der Waals surface area (Å²) in [5, 5.41) is 0. The molecule has 0 bridgehead atoms. The van der Waals surface area contributed by atoms with Gasteiger partial charge in [-0.15, -0.1) is 0 Å². The number of likely N-dealkylation sites (N-methyl/N-ethyl adjacent to an activating group) is 1. The summed E-state index contributed by atoms with van der Waals surface area (Å²) >= 11 is 0. The second-order valence-corrected chi connectivity index (χ2v) is 7.15. The maximum absolute atomic E-state index is 13.9. The average Bonchev–Trinajstić information content (AvgIpc) is 2.88. The zero-order valence-corrected chi connectivity index (χ0v) is 13.9. The van der Waals surface area contributed by atoms with Crippen molar-refractivity contribution in [3.8, 4) is 0 Å². The first kappa shape index (κ1) is 15.7. The van der Waals surface area contributed by atoms with Crippen LogP contribution in [0.1, 0.15) is 40.7 Å². The van der Waals surface area contributed by atoms with Crippen LogP contribution in [-0.4, -0.2) is 31.6 Å². The molecule has 1 aliphatic heterocycles. The van der Waals surface area contributed by atoms with E-state index >= 15 is 0 Å². The van der Waals surface area contributed by atoms with E-state index in [1.807, 2.05) is 26.2 Å². The van der Waals surface area contributed by atoms with E-state index in [0.29, 0.717) is 6.42 Å². The zero-order valence-electron chi connectivity index (χ0n) is 13.9. The fourth-order valence-corrected chi connectivity index (χ4v) is 4.14. The van der Waals surface area contributed by atoms with E-state index in [4.69, 9.17) is 4.74 Å². The highest BCUT2D eigenvalue weighted by atomic mass is 19.1. The fourth-order valence-electron chi connectivity index (χ4n) is 4.14. The van der Waals surface area contributed by atoms with Crippen LogP contribution in [-0.2, 0) is 11.2 Å². The maximum atomic E-state index is 13.9. The first-order valence-electron chi connectivity index (χ1n) is 8.38. The normalized spacial score (nSPS) is 25.1. The monoisotopic (exact) mass is 329 g/mol. The maximum Gasteiger partial charge on any atom is 0.123 e. The van der Waals surface area contributed by atoms with Gasteiger partial charge in [0.25, 0.3) is 0 Å². The Balaban J connectivity index is 1.82. The number of benzene rings is 2. The van der Waals surface area contributed by atoms with Crippen LogP contribution in [0.2, 0.25) is 0 Å². The van der Waals surface area contributed by atoms with Gasteiger partial charge in [-0.2, -0.15) is 0 Å². The lowest BCUT2D eigenvalue weighted by molar-refractivity contribution is 0.0270. The summed E-state index contributed by atoms with van der Waals surface area (Å²) in [4.78, 5) is 2.09. The van der Waals surface area contributed by atoms with Crippen molar-refractivity contribution in [3.63, 3.8) is 0 Å². The smallest absolute Gasteiger partial charge is 0.123 e. The first-order valence-corrected chi connectivity index (χ1v) is 8.38. The van der Waals surface area contributed by atoms with Gasteiger partial charge in [0.15, 0.2) is 0 Å². The Morgan fingerprint density at radius 3 is 2.29 bits per heavy atom. The number of hydrogen-bond donors (Lipinski definition) is 0. The van der Waals surface area contributed by atoms with E-state index < -0.39 is 0 Å². The van der Waals surface area contributed by atoms with Crippen molar-refractivity contribution in [3.05, 3.63) is 70.3 Å². The average molecular weight is 329 g/mol. The molecule has 2 aromatic rings. The van der Waals surface area contributed by atoms with Crippen LogP contribution < -0.4 is 0 Å². The molecule has 126 valence electrons. The molecule has 4 heteroatoms. The molecule has 0 aromatic heterocycles. The Morgan fingerprint density at radius 2 is 1.62 bits per heavy atom. The highest BCUT2D eigenvalue weighted by Gasteiger charge is 2.41. The van der Waals surface area contributed by atoms with E-state index in [1.165, 1.54) is 12.1 Å². The van der Waals surface area contributed by atoms with Crippen LogP contribution in [0.3, 0.4) is 0 Å². The minimum Gasteiger partial charge on any atom is -0.368 e. The Hall–Kier alpha value is -1.78. The summed E-state index contributed by atoms with van der Waals surface area (Å²) in [5.41, 5.74) is 4.11. The third kappa shape index (κ3) is 2.74. The third-order valence-electron chi connectivity index (χ3n) is 5.09. The number of ether oxygens (including phenoxy) is 1. The third-order valence-corrected chi connectivity index (χ3v) is 5.09. The van der Waals surface area contributed by atoms with Gasteiger partial charge in [0.1, 0.15) is 11.6 Å². The van der Waals surface area contributed by atoms with Crippen molar-refractivity contribution in [2.24, 2.45) is 0 Å². The number of fused-ring (bicyclic) bond motifs is 5. The highest BCUT2D eigenvalue weighted by Crippen LogP contribution is 2.49. The highest BCUT2D eigenvalue weighted by molar-refractivity contribution is 5.45. The first-order chi connectivity index (χ1) is 11.5. The van der Waals surface area contributed by atoms with Crippen molar-refractivity contribution < 1.29 is 13.5 Å².